The second kappa shape index (κ2) is 10.9. The summed E-state index contributed by atoms with van der Waals surface area (Å²) >= 11 is 0. The van der Waals surface area contributed by atoms with Gasteiger partial charge >= 0.3 is 0 Å². The van der Waals surface area contributed by atoms with Crippen LogP contribution >= 0.6 is 0 Å². The van der Waals surface area contributed by atoms with E-state index in [1.807, 2.05) is 0 Å². The maximum Gasteiger partial charge on any atom is 0.0591 e. The van der Waals surface area contributed by atoms with Crippen LogP contribution in [-0.4, -0.2) is 19.8 Å². The number of benzene rings is 1. The van der Waals surface area contributed by atoms with Crippen molar-refractivity contribution in [2.45, 2.75) is 52.5 Å². The van der Waals surface area contributed by atoms with Crippen LogP contribution in [-0.2, 0) is 4.74 Å². The molecule has 1 N–H and O–H groups in total. The minimum atomic E-state index is 0.463. The average molecular weight is 277 g/mol. The SMILES string of the molecule is CCCCC(NCCOCCC(C)C)c1ccccc1. The summed E-state index contributed by atoms with van der Waals surface area (Å²) in [4.78, 5) is 0. The Morgan fingerprint density at radius 2 is 1.80 bits per heavy atom. The van der Waals surface area contributed by atoms with Crippen LogP contribution in [0.15, 0.2) is 30.3 Å². The summed E-state index contributed by atoms with van der Waals surface area (Å²) in [6.07, 6.45) is 4.86. The van der Waals surface area contributed by atoms with Crippen LogP contribution in [0.5, 0.6) is 0 Å². The van der Waals surface area contributed by atoms with E-state index in [1.54, 1.807) is 0 Å². The van der Waals surface area contributed by atoms with Crippen molar-refractivity contribution in [2.75, 3.05) is 19.8 Å². The Morgan fingerprint density at radius 3 is 2.45 bits per heavy atom. The van der Waals surface area contributed by atoms with E-state index < -0.39 is 0 Å². The van der Waals surface area contributed by atoms with Crippen LogP contribution < -0.4 is 5.32 Å². The van der Waals surface area contributed by atoms with Gasteiger partial charge in [-0.05, 0) is 24.3 Å². The molecular weight excluding hydrogens is 246 g/mol. The molecule has 0 aromatic heterocycles. The van der Waals surface area contributed by atoms with E-state index in [4.69, 9.17) is 4.74 Å². The third-order valence-electron chi connectivity index (χ3n) is 3.52. The highest BCUT2D eigenvalue weighted by Crippen LogP contribution is 2.18. The maximum atomic E-state index is 5.67. The predicted molar refractivity (Wildman–Crippen MR) is 87.0 cm³/mol. The lowest BCUT2D eigenvalue weighted by atomic mass is 10.0. The van der Waals surface area contributed by atoms with Crippen LogP contribution in [0, 0.1) is 5.92 Å². The zero-order valence-electron chi connectivity index (χ0n) is 13.4. The lowest BCUT2D eigenvalue weighted by molar-refractivity contribution is 0.123. The fourth-order valence-corrected chi connectivity index (χ4v) is 2.21. The van der Waals surface area contributed by atoms with Gasteiger partial charge in [0.15, 0.2) is 0 Å². The molecule has 0 saturated carbocycles. The molecule has 0 aliphatic carbocycles. The molecule has 1 aromatic carbocycles. The van der Waals surface area contributed by atoms with Crippen molar-refractivity contribution in [3.63, 3.8) is 0 Å². The third kappa shape index (κ3) is 7.66. The largest absolute Gasteiger partial charge is 0.380 e. The fourth-order valence-electron chi connectivity index (χ4n) is 2.21. The van der Waals surface area contributed by atoms with E-state index in [-0.39, 0.29) is 0 Å². The van der Waals surface area contributed by atoms with E-state index in [0.717, 1.165) is 32.1 Å². The smallest absolute Gasteiger partial charge is 0.0591 e. The summed E-state index contributed by atoms with van der Waals surface area (Å²) in [5.74, 6) is 0.726. The van der Waals surface area contributed by atoms with Crippen LogP contribution in [0.25, 0.3) is 0 Å². The molecule has 114 valence electrons. The molecule has 0 bridgehead atoms. The molecule has 0 aliphatic heterocycles. The quantitative estimate of drug-likeness (QED) is 0.598. The van der Waals surface area contributed by atoms with Crippen molar-refractivity contribution in [3.05, 3.63) is 35.9 Å². The summed E-state index contributed by atoms with van der Waals surface area (Å²) in [6, 6.07) is 11.2. The summed E-state index contributed by atoms with van der Waals surface area (Å²) in [5, 5.41) is 3.63. The maximum absolute atomic E-state index is 5.67. The summed E-state index contributed by atoms with van der Waals surface area (Å²) in [7, 11) is 0. The minimum Gasteiger partial charge on any atom is -0.380 e. The van der Waals surface area contributed by atoms with Gasteiger partial charge in [-0.2, -0.15) is 0 Å². The van der Waals surface area contributed by atoms with E-state index in [2.05, 4.69) is 56.4 Å². The molecule has 0 radical (unpaired) electrons. The van der Waals surface area contributed by atoms with Gasteiger partial charge in [0.05, 0.1) is 6.61 Å². The molecule has 0 fully saturated rings. The highest BCUT2D eigenvalue weighted by molar-refractivity contribution is 5.18. The highest BCUT2D eigenvalue weighted by atomic mass is 16.5. The molecule has 1 unspecified atom stereocenters. The van der Waals surface area contributed by atoms with Gasteiger partial charge < -0.3 is 10.1 Å². The van der Waals surface area contributed by atoms with Gasteiger partial charge in [-0.15, -0.1) is 0 Å². The number of nitrogens with one attached hydrogen (secondary N) is 1. The molecule has 0 aliphatic rings. The summed E-state index contributed by atoms with van der Waals surface area (Å²) in [5.41, 5.74) is 1.39. The van der Waals surface area contributed by atoms with Gasteiger partial charge in [-0.25, -0.2) is 0 Å². The van der Waals surface area contributed by atoms with E-state index in [0.29, 0.717) is 6.04 Å². The van der Waals surface area contributed by atoms with Gasteiger partial charge in [0, 0.05) is 19.2 Å². The van der Waals surface area contributed by atoms with E-state index in [9.17, 15) is 0 Å². The minimum absolute atomic E-state index is 0.463. The first kappa shape index (κ1) is 17.2. The third-order valence-corrected chi connectivity index (χ3v) is 3.52. The van der Waals surface area contributed by atoms with Gasteiger partial charge in [0.2, 0.25) is 0 Å². The summed E-state index contributed by atoms with van der Waals surface area (Å²) < 4.78 is 5.67. The second-order valence-corrected chi connectivity index (χ2v) is 5.85. The molecule has 0 amide bonds. The first-order chi connectivity index (χ1) is 9.74. The predicted octanol–water partition coefficient (Wildman–Crippen LogP) is 4.57. The Balaban J connectivity index is 2.27. The van der Waals surface area contributed by atoms with Crippen LogP contribution in [0.3, 0.4) is 0 Å². The Kier molecular flexibility index (Phi) is 9.35. The first-order valence-corrected chi connectivity index (χ1v) is 8.10. The Morgan fingerprint density at radius 1 is 1.05 bits per heavy atom. The lowest BCUT2D eigenvalue weighted by Gasteiger charge is -2.19. The normalized spacial score (nSPS) is 12.8. The zero-order valence-corrected chi connectivity index (χ0v) is 13.4. The topological polar surface area (TPSA) is 21.3 Å². The standard InChI is InChI=1S/C18H31NO/c1-4-5-11-18(17-9-7-6-8-10-17)19-13-15-20-14-12-16(2)3/h6-10,16,18-19H,4-5,11-15H2,1-3H3. The number of rotatable bonds is 11. The Bertz CT molecular complexity index is 323. The molecule has 1 rings (SSSR count). The number of ether oxygens (including phenoxy) is 1. The Hall–Kier alpha value is -0.860. The van der Waals surface area contributed by atoms with Gasteiger partial charge in [-0.3, -0.25) is 0 Å². The molecule has 2 nitrogen and oxygen atoms in total. The van der Waals surface area contributed by atoms with Crippen molar-refractivity contribution < 1.29 is 4.74 Å². The molecule has 0 saturated heterocycles. The van der Waals surface area contributed by atoms with E-state index in [1.165, 1.54) is 24.8 Å². The molecule has 1 aromatic rings. The molecule has 2 heteroatoms. The van der Waals surface area contributed by atoms with Crippen LogP contribution in [0.1, 0.15) is 58.1 Å². The molecule has 1 atom stereocenters. The molecule has 20 heavy (non-hydrogen) atoms. The fraction of sp³-hybridized carbons (Fsp3) is 0.667. The Labute approximate surface area is 124 Å². The molecule has 0 heterocycles. The van der Waals surface area contributed by atoms with Gasteiger partial charge in [0.1, 0.15) is 0 Å². The van der Waals surface area contributed by atoms with Crippen molar-refractivity contribution in [1.82, 2.24) is 5.32 Å². The number of hydrogen-bond acceptors (Lipinski definition) is 2. The zero-order chi connectivity index (χ0) is 14.6. The lowest BCUT2D eigenvalue weighted by Crippen LogP contribution is -2.25. The van der Waals surface area contributed by atoms with Crippen LogP contribution in [0.4, 0.5) is 0 Å². The first-order valence-electron chi connectivity index (χ1n) is 8.10. The summed E-state index contributed by atoms with van der Waals surface area (Å²) in [6.45, 7) is 9.33. The molecule has 0 spiro atoms. The van der Waals surface area contributed by atoms with Crippen molar-refractivity contribution >= 4 is 0 Å². The van der Waals surface area contributed by atoms with Crippen molar-refractivity contribution in [3.8, 4) is 0 Å². The van der Waals surface area contributed by atoms with Crippen molar-refractivity contribution in [1.29, 1.82) is 0 Å². The monoisotopic (exact) mass is 277 g/mol. The van der Waals surface area contributed by atoms with Gasteiger partial charge in [0.25, 0.3) is 0 Å². The van der Waals surface area contributed by atoms with Crippen LogP contribution in [0.2, 0.25) is 0 Å². The molecular formula is C18H31NO. The van der Waals surface area contributed by atoms with Crippen molar-refractivity contribution in [2.24, 2.45) is 5.92 Å². The van der Waals surface area contributed by atoms with Gasteiger partial charge in [-0.1, -0.05) is 63.9 Å². The number of hydrogen-bond donors (Lipinski definition) is 1. The highest BCUT2D eigenvalue weighted by Gasteiger charge is 2.09. The average Bonchev–Trinajstić information content (AvgIpc) is 2.46. The van der Waals surface area contributed by atoms with E-state index >= 15 is 0 Å². The second-order valence-electron chi connectivity index (χ2n) is 5.85. The number of unbranched alkanes of at least 4 members (excludes halogenated alkanes) is 1.